The number of rotatable bonds is 5. The Kier molecular flexibility index (Phi) is 6.17. The van der Waals surface area contributed by atoms with Crippen LogP contribution in [0.15, 0.2) is 76.8 Å². The Morgan fingerprint density at radius 1 is 1.06 bits per heavy atom. The number of nitrogens with one attached hydrogen (secondary N) is 1. The summed E-state index contributed by atoms with van der Waals surface area (Å²) in [6, 6.07) is 20.7. The molecule has 7 nitrogen and oxygen atoms in total. The number of amidine groups is 1. The number of thioether (sulfide) groups is 1. The Hall–Kier alpha value is -3.49. The second-order valence-electron chi connectivity index (χ2n) is 7.56. The summed E-state index contributed by atoms with van der Waals surface area (Å²) in [6.07, 6.45) is -0.590. The van der Waals surface area contributed by atoms with Crippen molar-refractivity contribution in [2.75, 3.05) is 14.2 Å². The molecule has 3 aromatic rings. The van der Waals surface area contributed by atoms with Crippen LogP contribution in [0.3, 0.4) is 0 Å². The Bertz CT molecular complexity index is 1430. The van der Waals surface area contributed by atoms with E-state index >= 15 is 0 Å². The first-order chi connectivity index (χ1) is 16.6. The first kappa shape index (κ1) is 22.3. The van der Waals surface area contributed by atoms with Gasteiger partial charge in [-0.2, -0.15) is 0 Å². The zero-order valence-electron chi connectivity index (χ0n) is 18.5. The van der Waals surface area contributed by atoms with Crippen molar-refractivity contribution in [3.63, 3.8) is 0 Å². The third kappa shape index (κ3) is 4.10. The van der Waals surface area contributed by atoms with Crippen molar-refractivity contribution >= 4 is 40.1 Å². The van der Waals surface area contributed by atoms with E-state index in [2.05, 4.69) is 5.32 Å². The van der Waals surface area contributed by atoms with E-state index in [4.69, 9.17) is 31.2 Å². The van der Waals surface area contributed by atoms with Crippen molar-refractivity contribution in [3.8, 4) is 11.5 Å². The number of halogens is 1. The molecule has 0 saturated carbocycles. The number of fused-ring (bicyclic) bond motifs is 2. The lowest BCUT2D eigenvalue weighted by atomic mass is 10.1. The van der Waals surface area contributed by atoms with Gasteiger partial charge in [-0.1, -0.05) is 59.8 Å². The second-order valence-corrected chi connectivity index (χ2v) is 8.93. The third-order valence-electron chi connectivity index (χ3n) is 5.56. The minimum Gasteiger partial charge on any atom is -0.497 e. The average Bonchev–Trinajstić information content (AvgIpc) is 2.87. The number of ether oxygens (including phenoxy) is 2. The van der Waals surface area contributed by atoms with Crippen LogP contribution in [-0.4, -0.2) is 30.3 Å². The molecular weight excluding hydrogens is 472 g/mol. The number of carbonyl (C=O) groups excluding carboxylic acids is 1. The molecule has 0 bridgehead atoms. The smallest absolute Gasteiger partial charge is 0.276 e. The molecule has 5 rings (SSSR count). The van der Waals surface area contributed by atoms with Crippen LogP contribution in [0.2, 0.25) is 5.02 Å². The number of benzene rings is 3. The molecule has 0 fully saturated rings. The summed E-state index contributed by atoms with van der Waals surface area (Å²) in [5.41, 5.74) is 2.17. The standard InChI is InChI=1S/C25H21ClN4O3S/c1-32-16-11-12-18(21(13-16)33-2)23-27-20-10-6-4-8-17(20)22-24(31)28-25(29-30(22)23)34-14-15-7-3-5-9-19(15)26/h3-13,23H,14H2,1-2H3,(H,28,29,31)/t23-/m0/s1. The van der Waals surface area contributed by atoms with E-state index in [1.165, 1.54) is 11.8 Å². The van der Waals surface area contributed by atoms with Gasteiger partial charge in [0.1, 0.15) is 17.2 Å². The number of hydrogen-bond acceptors (Lipinski definition) is 7. The zero-order valence-corrected chi connectivity index (χ0v) is 20.1. The van der Waals surface area contributed by atoms with E-state index in [9.17, 15) is 4.79 Å². The van der Waals surface area contributed by atoms with Gasteiger partial charge in [0.2, 0.25) is 0 Å². The van der Waals surface area contributed by atoms with Gasteiger partial charge in [-0.3, -0.25) is 15.1 Å². The molecule has 0 unspecified atom stereocenters. The van der Waals surface area contributed by atoms with Crippen LogP contribution in [0.1, 0.15) is 17.3 Å². The van der Waals surface area contributed by atoms with Crippen molar-refractivity contribution in [2.24, 2.45) is 10.1 Å². The number of hydrazone groups is 1. The van der Waals surface area contributed by atoms with Gasteiger partial charge in [0.05, 0.1) is 19.6 Å². The summed E-state index contributed by atoms with van der Waals surface area (Å²) in [6.45, 7) is 0. The molecule has 0 radical (unpaired) electrons. The molecule has 1 amide bonds. The summed E-state index contributed by atoms with van der Waals surface area (Å²) in [5.74, 6) is 1.58. The minimum absolute atomic E-state index is 0.239. The van der Waals surface area contributed by atoms with Crippen molar-refractivity contribution in [3.05, 3.63) is 93.5 Å². The molecule has 1 atom stereocenters. The van der Waals surface area contributed by atoms with Gasteiger partial charge in [0.25, 0.3) is 5.91 Å². The highest BCUT2D eigenvalue weighted by Gasteiger charge is 2.35. The number of para-hydroxylation sites is 1. The molecule has 0 spiro atoms. The molecule has 2 aliphatic heterocycles. The molecule has 3 aromatic carbocycles. The number of nitrogens with zero attached hydrogens (tertiary/aromatic N) is 3. The Morgan fingerprint density at radius 3 is 2.65 bits per heavy atom. The quantitative estimate of drug-likeness (QED) is 0.590. The summed E-state index contributed by atoms with van der Waals surface area (Å²) in [5, 5.41) is 12.0. The fraction of sp³-hybridized carbons (Fsp3) is 0.160. The molecule has 1 N–H and O–H groups in total. The highest BCUT2D eigenvalue weighted by Crippen LogP contribution is 2.37. The fourth-order valence-electron chi connectivity index (χ4n) is 3.89. The predicted octanol–water partition coefficient (Wildman–Crippen LogP) is 3.43. The van der Waals surface area contributed by atoms with Crippen LogP contribution in [0.25, 0.3) is 5.70 Å². The Labute approximate surface area is 205 Å². The number of hydrogen-bond donors (Lipinski definition) is 1. The molecule has 9 heteroatoms. The number of amides is 1. The van der Waals surface area contributed by atoms with Crippen molar-refractivity contribution in [2.45, 2.75) is 11.9 Å². The molecule has 0 aliphatic carbocycles. The van der Waals surface area contributed by atoms with Crippen LogP contribution in [-0.2, 0) is 10.5 Å². The van der Waals surface area contributed by atoms with Crippen molar-refractivity contribution < 1.29 is 14.3 Å². The van der Waals surface area contributed by atoms with E-state index in [-0.39, 0.29) is 5.91 Å². The van der Waals surface area contributed by atoms with Crippen LogP contribution < -0.4 is 25.4 Å². The molecule has 2 aliphatic rings. The first-order valence-corrected chi connectivity index (χ1v) is 11.9. The summed E-state index contributed by atoms with van der Waals surface area (Å²) in [7, 11) is 3.19. The van der Waals surface area contributed by atoms with Crippen LogP contribution in [0.4, 0.5) is 0 Å². The number of carbonyl (C=O) groups is 1. The monoisotopic (exact) mass is 492 g/mol. The SMILES string of the molecule is COc1ccc([C@H]2N=c3ccccc3=C3C(=O)NC(SCc4ccccc4Cl)=NN32)c(OC)c1. The lowest BCUT2D eigenvalue weighted by molar-refractivity contribution is -0.116. The fourth-order valence-corrected chi connectivity index (χ4v) is 5.02. The second kappa shape index (κ2) is 9.40. The predicted molar refractivity (Wildman–Crippen MR) is 133 cm³/mol. The molecule has 0 aromatic heterocycles. The molecule has 34 heavy (non-hydrogen) atoms. The number of methoxy groups -OCH3 is 2. The maximum absolute atomic E-state index is 13.3. The normalized spacial score (nSPS) is 16.6. The van der Waals surface area contributed by atoms with Gasteiger partial charge in [-0.05, 0) is 29.8 Å². The van der Waals surface area contributed by atoms with Gasteiger partial charge < -0.3 is 9.47 Å². The lowest BCUT2D eigenvalue weighted by Crippen LogP contribution is -2.50. The first-order valence-electron chi connectivity index (χ1n) is 10.5. The molecule has 2 heterocycles. The van der Waals surface area contributed by atoms with Crippen molar-refractivity contribution in [1.29, 1.82) is 0 Å². The molecule has 172 valence electrons. The van der Waals surface area contributed by atoms with Gasteiger partial charge >= 0.3 is 0 Å². The van der Waals surface area contributed by atoms with Crippen LogP contribution in [0.5, 0.6) is 11.5 Å². The lowest BCUT2D eigenvalue weighted by Gasteiger charge is -2.34. The third-order valence-corrected chi connectivity index (χ3v) is 6.84. The highest BCUT2D eigenvalue weighted by atomic mass is 35.5. The summed E-state index contributed by atoms with van der Waals surface area (Å²) < 4.78 is 11.0. The average molecular weight is 493 g/mol. The van der Waals surface area contributed by atoms with Crippen LogP contribution in [0, 0.1) is 0 Å². The van der Waals surface area contributed by atoms with Gasteiger partial charge in [-0.25, -0.2) is 5.01 Å². The van der Waals surface area contributed by atoms with Gasteiger partial charge in [0, 0.05) is 27.6 Å². The summed E-state index contributed by atoms with van der Waals surface area (Å²) >= 11 is 7.71. The van der Waals surface area contributed by atoms with Crippen LogP contribution >= 0.6 is 23.4 Å². The Balaban J connectivity index is 1.59. The molecular formula is C25H21ClN4O3S. The highest BCUT2D eigenvalue weighted by molar-refractivity contribution is 8.13. The van der Waals surface area contributed by atoms with Gasteiger partial charge in [0.15, 0.2) is 11.3 Å². The van der Waals surface area contributed by atoms with E-state index < -0.39 is 6.17 Å². The van der Waals surface area contributed by atoms with E-state index in [1.807, 2.05) is 60.7 Å². The Morgan fingerprint density at radius 2 is 1.85 bits per heavy atom. The zero-order chi connectivity index (χ0) is 23.7. The molecule has 0 saturated heterocycles. The minimum atomic E-state index is -0.590. The van der Waals surface area contributed by atoms with Crippen molar-refractivity contribution in [1.82, 2.24) is 10.3 Å². The largest absolute Gasteiger partial charge is 0.497 e. The van der Waals surface area contributed by atoms with E-state index in [0.717, 1.165) is 16.3 Å². The van der Waals surface area contributed by atoms with Gasteiger partial charge in [-0.15, -0.1) is 5.10 Å². The maximum Gasteiger partial charge on any atom is 0.276 e. The van der Waals surface area contributed by atoms with E-state index in [1.54, 1.807) is 25.3 Å². The maximum atomic E-state index is 13.3. The topological polar surface area (TPSA) is 75.5 Å². The van der Waals surface area contributed by atoms with E-state index in [0.29, 0.717) is 38.5 Å². The summed E-state index contributed by atoms with van der Waals surface area (Å²) in [4.78, 5) is 18.2.